The number of aromatic nitrogens is 2. The first kappa shape index (κ1) is 13.9. The van der Waals surface area contributed by atoms with Gasteiger partial charge in [0.2, 0.25) is 0 Å². The van der Waals surface area contributed by atoms with Crippen LogP contribution in [0.1, 0.15) is 24.5 Å². The van der Waals surface area contributed by atoms with Gasteiger partial charge in [0.1, 0.15) is 5.15 Å². The lowest BCUT2D eigenvalue weighted by Gasteiger charge is -2.08. The van der Waals surface area contributed by atoms with Gasteiger partial charge in [-0.15, -0.1) is 0 Å². The molecule has 19 heavy (non-hydrogen) atoms. The third kappa shape index (κ3) is 2.99. The molecule has 6 heteroatoms. The lowest BCUT2D eigenvalue weighted by Crippen LogP contribution is -1.99. The lowest BCUT2D eigenvalue weighted by molar-refractivity contribution is 0.978. The maximum absolute atomic E-state index is 6.20. The summed E-state index contributed by atoms with van der Waals surface area (Å²) in [5.41, 5.74) is 1.82. The third-order valence-electron chi connectivity index (χ3n) is 2.92. The minimum Gasteiger partial charge on any atom is -0.232 e. The summed E-state index contributed by atoms with van der Waals surface area (Å²) in [7, 11) is 0. The van der Waals surface area contributed by atoms with Crippen LogP contribution < -0.4 is 0 Å². The second kappa shape index (κ2) is 5.35. The van der Waals surface area contributed by atoms with Gasteiger partial charge in [-0.1, -0.05) is 34.8 Å². The number of hydrogen-bond donors (Lipinski definition) is 0. The van der Waals surface area contributed by atoms with Crippen LogP contribution in [0.3, 0.4) is 0 Å². The van der Waals surface area contributed by atoms with Crippen molar-refractivity contribution in [3.05, 3.63) is 42.7 Å². The fourth-order valence-corrected chi connectivity index (χ4v) is 3.26. The molecule has 0 aliphatic heterocycles. The monoisotopic (exact) mass is 424 g/mol. The highest BCUT2D eigenvalue weighted by Gasteiger charge is 2.29. The van der Waals surface area contributed by atoms with E-state index >= 15 is 0 Å². The minimum absolute atomic E-state index is 0.489. The second-order valence-electron chi connectivity index (χ2n) is 4.47. The molecule has 0 saturated heterocycles. The molecule has 1 aromatic carbocycles. The molecule has 0 N–H and O–H groups in total. The van der Waals surface area contributed by atoms with E-state index in [1.54, 1.807) is 18.2 Å². The molecule has 1 aromatic heterocycles. The van der Waals surface area contributed by atoms with Gasteiger partial charge in [-0.2, -0.15) is 0 Å². The molecule has 1 saturated carbocycles. The highest BCUT2D eigenvalue weighted by molar-refractivity contribution is 14.1. The SMILES string of the molecule is Clc1cc(Cl)cc(-c2nc(Cl)c(I)c(C3CC3)n2)c1. The molecule has 0 spiro atoms. The topological polar surface area (TPSA) is 25.8 Å². The van der Waals surface area contributed by atoms with Crippen LogP contribution in [-0.2, 0) is 0 Å². The Morgan fingerprint density at radius 3 is 2.21 bits per heavy atom. The molecule has 1 aliphatic rings. The average Bonchev–Trinajstić information content (AvgIpc) is 3.15. The molecule has 1 heterocycles. The summed E-state index contributed by atoms with van der Waals surface area (Å²) in [6, 6.07) is 5.27. The van der Waals surface area contributed by atoms with Gasteiger partial charge in [0.15, 0.2) is 5.82 Å². The largest absolute Gasteiger partial charge is 0.232 e. The third-order valence-corrected chi connectivity index (χ3v) is 5.01. The first-order chi connectivity index (χ1) is 9.04. The maximum atomic E-state index is 6.20. The van der Waals surface area contributed by atoms with E-state index in [2.05, 4.69) is 32.6 Å². The van der Waals surface area contributed by atoms with Crippen molar-refractivity contribution in [2.45, 2.75) is 18.8 Å². The van der Waals surface area contributed by atoms with Crippen molar-refractivity contribution in [2.75, 3.05) is 0 Å². The second-order valence-corrected chi connectivity index (χ2v) is 6.78. The summed E-state index contributed by atoms with van der Waals surface area (Å²) in [5, 5.41) is 1.62. The summed E-state index contributed by atoms with van der Waals surface area (Å²) in [5.74, 6) is 1.09. The van der Waals surface area contributed by atoms with Gasteiger partial charge in [0.05, 0.1) is 9.26 Å². The summed E-state index contributed by atoms with van der Waals surface area (Å²) < 4.78 is 0.943. The number of halogens is 4. The summed E-state index contributed by atoms with van der Waals surface area (Å²) in [6.45, 7) is 0. The standard InChI is InChI=1S/C13H8Cl3IN2/c14-8-3-7(4-9(15)5-8)13-18-11(6-1-2-6)10(17)12(16)19-13/h3-6H,1-2H2. The van der Waals surface area contributed by atoms with Gasteiger partial charge >= 0.3 is 0 Å². The Balaban J connectivity index is 2.14. The predicted octanol–water partition coefficient (Wildman–Crippen LogP) is 5.59. The zero-order valence-corrected chi connectivity index (χ0v) is 14.1. The minimum atomic E-state index is 0.489. The molecule has 98 valence electrons. The zero-order valence-electron chi connectivity index (χ0n) is 9.63. The molecule has 2 nitrogen and oxygen atoms in total. The lowest BCUT2D eigenvalue weighted by atomic mass is 10.2. The van der Waals surface area contributed by atoms with Gasteiger partial charge in [-0.3, -0.25) is 0 Å². The van der Waals surface area contributed by atoms with Crippen molar-refractivity contribution < 1.29 is 0 Å². The van der Waals surface area contributed by atoms with E-state index in [9.17, 15) is 0 Å². The molecule has 2 aromatic rings. The summed E-state index contributed by atoms with van der Waals surface area (Å²) in [6.07, 6.45) is 2.33. The number of nitrogens with zero attached hydrogens (tertiary/aromatic N) is 2. The fraction of sp³-hybridized carbons (Fsp3) is 0.231. The van der Waals surface area contributed by atoms with Crippen molar-refractivity contribution in [1.82, 2.24) is 9.97 Å². The summed E-state index contributed by atoms with van der Waals surface area (Å²) in [4.78, 5) is 8.95. The molecule has 0 bridgehead atoms. The Morgan fingerprint density at radius 2 is 1.63 bits per heavy atom. The van der Waals surface area contributed by atoms with E-state index in [0.717, 1.165) is 14.8 Å². The van der Waals surface area contributed by atoms with E-state index in [1.807, 2.05) is 0 Å². The zero-order chi connectivity index (χ0) is 13.6. The van der Waals surface area contributed by atoms with Crippen LogP contribution in [0.5, 0.6) is 0 Å². The highest BCUT2D eigenvalue weighted by atomic mass is 127. The van der Waals surface area contributed by atoms with Crippen molar-refractivity contribution in [3.8, 4) is 11.4 Å². The average molecular weight is 425 g/mol. The molecule has 0 amide bonds. The van der Waals surface area contributed by atoms with Gasteiger partial charge < -0.3 is 0 Å². The van der Waals surface area contributed by atoms with Crippen molar-refractivity contribution >= 4 is 57.4 Å². The normalized spacial score (nSPS) is 14.7. The van der Waals surface area contributed by atoms with Gasteiger partial charge in [-0.05, 0) is 53.6 Å². The van der Waals surface area contributed by atoms with Crippen LogP contribution >= 0.6 is 57.4 Å². The van der Waals surface area contributed by atoms with Crippen LogP contribution in [-0.4, -0.2) is 9.97 Å². The molecule has 0 atom stereocenters. The molecule has 0 unspecified atom stereocenters. The Hall–Kier alpha value is -0.100. The Labute approximate surface area is 139 Å². The molecular weight excluding hydrogens is 417 g/mol. The van der Waals surface area contributed by atoms with Gasteiger partial charge in [0.25, 0.3) is 0 Å². The maximum Gasteiger partial charge on any atom is 0.161 e. The quantitative estimate of drug-likeness (QED) is 0.463. The first-order valence-corrected chi connectivity index (χ1v) is 7.95. The molecule has 1 fully saturated rings. The Bertz CT molecular complexity index is 636. The fourth-order valence-electron chi connectivity index (χ4n) is 1.88. The highest BCUT2D eigenvalue weighted by Crippen LogP contribution is 2.43. The molecular formula is C13H8Cl3IN2. The van der Waals surface area contributed by atoms with E-state index in [0.29, 0.717) is 26.9 Å². The van der Waals surface area contributed by atoms with Gasteiger partial charge in [-0.25, -0.2) is 9.97 Å². The van der Waals surface area contributed by atoms with Crippen LogP contribution in [0.25, 0.3) is 11.4 Å². The van der Waals surface area contributed by atoms with Crippen molar-refractivity contribution in [2.24, 2.45) is 0 Å². The number of rotatable bonds is 2. The van der Waals surface area contributed by atoms with Crippen LogP contribution in [0.4, 0.5) is 0 Å². The van der Waals surface area contributed by atoms with Crippen LogP contribution in [0.15, 0.2) is 18.2 Å². The number of hydrogen-bond acceptors (Lipinski definition) is 2. The van der Waals surface area contributed by atoms with Crippen molar-refractivity contribution in [3.63, 3.8) is 0 Å². The van der Waals surface area contributed by atoms with E-state index in [4.69, 9.17) is 34.8 Å². The predicted molar refractivity (Wildman–Crippen MR) is 87.2 cm³/mol. The van der Waals surface area contributed by atoms with E-state index in [-0.39, 0.29) is 0 Å². The van der Waals surface area contributed by atoms with E-state index < -0.39 is 0 Å². The molecule has 1 aliphatic carbocycles. The van der Waals surface area contributed by atoms with Gasteiger partial charge in [0, 0.05) is 21.5 Å². The van der Waals surface area contributed by atoms with Crippen LogP contribution in [0.2, 0.25) is 15.2 Å². The molecule has 0 radical (unpaired) electrons. The Kier molecular flexibility index (Phi) is 3.91. The van der Waals surface area contributed by atoms with E-state index in [1.165, 1.54) is 12.8 Å². The smallest absolute Gasteiger partial charge is 0.161 e. The Morgan fingerprint density at radius 1 is 1.00 bits per heavy atom. The summed E-state index contributed by atoms with van der Waals surface area (Å²) >= 11 is 20.4. The van der Waals surface area contributed by atoms with Crippen molar-refractivity contribution in [1.29, 1.82) is 0 Å². The molecule has 3 rings (SSSR count). The van der Waals surface area contributed by atoms with Crippen LogP contribution in [0, 0.1) is 3.57 Å². The number of benzene rings is 1. The first-order valence-electron chi connectivity index (χ1n) is 5.74.